The van der Waals surface area contributed by atoms with Crippen LogP contribution in [0, 0.1) is 0 Å². The van der Waals surface area contributed by atoms with Crippen LogP contribution in [-0.4, -0.2) is 48.8 Å². The molecule has 154 valence electrons. The van der Waals surface area contributed by atoms with Gasteiger partial charge in [0, 0.05) is 38.4 Å². The molecule has 2 aromatic heterocycles. The fourth-order valence-electron chi connectivity index (χ4n) is 3.86. The Balaban J connectivity index is 1.65. The summed E-state index contributed by atoms with van der Waals surface area (Å²) in [6.07, 6.45) is 2.09. The summed E-state index contributed by atoms with van der Waals surface area (Å²) in [5.74, 6) is 1.44. The average Bonchev–Trinajstić information content (AvgIpc) is 3.47. The van der Waals surface area contributed by atoms with Crippen molar-refractivity contribution in [2.24, 2.45) is 7.05 Å². The van der Waals surface area contributed by atoms with E-state index in [0.717, 1.165) is 41.0 Å². The Bertz CT molecular complexity index is 1000. The van der Waals surface area contributed by atoms with E-state index in [9.17, 15) is 4.79 Å². The van der Waals surface area contributed by atoms with Gasteiger partial charge in [0.05, 0.1) is 30.5 Å². The number of aromatic nitrogens is 1. The maximum atomic E-state index is 13.5. The maximum Gasteiger partial charge on any atom is 0.270 e. The smallest absolute Gasteiger partial charge is 0.270 e. The van der Waals surface area contributed by atoms with Crippen LogP contribution >= 0.6 is 11.3 Å². The lowest BCUT2D eigenvalue weighted by Gasteiger charge is -2.26. The van der Waals surface area contributed by atoms with Gasteiger partial charge in [-0.15, -0.1) is 11.3 Å². The third-order valence-corrected chi connectivity index (χ3v) is 6.33. The largest absolute Gasteiger partial charge is 0.497 e. The highest BCUT2D eigenvalue weighted by Gasteiger charge is 2.26. The van der Waals surface area contributed by atoms with E-state index in [-0.39, 0.29) is 12.0 Å². The molecule has 0 bridgehead atoms. The predicted molar refractivity (Wildman–Crippen MR) is 114 cm³/mol. The first-order chi connectivity index (χ1) is 14.1. The topological polar surface area (TPSA) is 52.9 Å². The first kappa shape index (κ1) is 19.8. The SMILES string of the molecule is COc1ccc(CN(C[C@@H]2CCCO2)C(=O)c2cc3sccc3n2C)c(OC)c1. The Morgan fingerprint density at radius 3 is 2.83 bits per heavy atom. The lowest BCUT2D eigenvalue weighted by atomic mass is 10.1. The minimum Gasteiger partial charge on any atom is -0.497 e. The fourth-order valence-corrected chi connectivity index (χ4v) is 4.71. The molecule has 7 heteroatoms. The van der Waals surface area contributed by atoms with E-state index in [4.69, 9.17) is 14.2 Å². The van der Waals surface area contributed by atoms with Crippen LogP contribution in [0.25, 0.3) is 10.2 Å². The highest BCUT2D eigenvalue weighted by Crippen LogP contribution is 2.29. The summed E-state index contributed by atoms with van der Waals surface area (Å²) in [5, 5.41) is 2.05. The second kappa shape index (κ2) is 8.47. The number of rotatable bonds is 7. The van der Waals surface area contributed by atoms with Crippen molar-refractivity contribution in [1.82, 2.24) is 9.47 Å². The molecule has 0 aliphatic carbocycles. The first-order valence-electron chi connectivity index (χ1n) is 9.75. The minimum atomic E-state index is 0.00395. The molecule has 1 saturated heterocycles. The van der Waals surface area contributed by atoms with Gasteiger partial charge in [0.1, 0.15) is 17.2 Å². The summed E-state index contributed by atoms with van der Waals surface area (Å²) in [7, 11) is 5.21. The van der Waals surface area contributed by atoms with Crippen molar-refractivity contribution in [1.29, 1.82) is 0 Å². The number of carbonyl (C=O) groups excluding carboxylic acids is 1. The van der Waals surface area contributed by atoms with E-state index in [1.807, 2.05) is 52.2 Å². The minimum absolute atomic E-state index is 0.00395. The molecule has 0 N–H and O–H groups in total. The lowest BCUT2D eigenvalue weighted by molar-refractivity contribution is 0.0499. The van der Waals surface area contributed by atoms with Crippen molar-refractivity contribution >= 4 is 27.5 Å². The van der Waals surface area contributed by atoms with E-state index in [0.29, 0.717) is 24.5 Å². The van der Waals surface area contributed by atoms with Gasteiger partial charge in [-0.05, 0) is 42.5 Å². The van der Waals surface area contributed by atoms with Crippen LogP contribution in [0.2, 0.25) is 0 Å². The quantitative estimate of drug-likeness (QED) is 0.585. The molecule has 0 spiro atoms. The molecule has 1 fully saturated rings. The van der Waals surface area contributed by atoms with Crippen LogP contribution in [0.4, 0.5) is 0 Å². The van der Waals surface area contributed by atoms with Crippen LogP contribution in [0.15, 0.2) is 35.7 Å². The van der Waals surface area contributed by atoms with E-state index in [1.54, 1.807) is 25.6 Å². The number of methoxy groups -OCH3 is 2. The van der Waals surface area contributed by atoms with Crippen molar-refractivity contribution in [3.8, 4) is 11.5 Å². The number of ether oxygens (including phenoxy) is 3. The van der Waals surface area contributed by atoms with Crippen molar-refractivity contribution in [3.63, 3.8) is 0 Å². The van der Waals surface area contributed by atoms with Gasteiger partial charge in [-0.2, -0.15) is 0 Å². The monoisotopic (exact) mass is 414 g/mol. The number of hydrogen-bond donors (Lipinski definition) is 0. The van der Waals surface area contributed by atoms with Crippen LogP contribution in [0.1, 0.15) is 28.9 Å². The summed E-state index contributed by atoms with van der Waals surface area (Å²) in [5.41, 5.74) is 2.71. The molecule has 3 aromatic rings. The molecule has 1 atom stereocenters. The molecule has 4 rings (SSSR count). The zero-order valence-corrected chi connectivity index (χ0v) is 17.8. The van der Waals surface area contributed by atoms with Gasteiger partial charge in [-0.1, -0.05) is 0 Å². The van der Waals surface area contributed by atoms with E-state index >= 15 is 0 Å². The number of hydrogen-bond acceptors (Lipinski definition) is 5. The van der Waals surface area contributed by atoms with Crippen LogP contribution in [0.3, 0.4) is 0 Å². The molecular weight excluding hydrogens is 388 g/mol. The normalized spacial score (nSPS) is 16.3. The molecule has 1 aromatic carbocycles. The molecule has 1 aliphatic rings. The van der Waals surface area contributed by atoms with Gasteiger partial charge < -0.3 is 23.7 Å². The number of thiophene rings is 1. The Morgan fingerprint density at radius 2 is 2.14 bits per heavy atom. The zero-order valence-electron chi connectivity index (χ0n) is 17.0. The van der Waals surface area contributed by atoms with Crippen molar-refractivity contribution in [2.45, 2.75) is 25.5 Å². The lowest BCUT2D eigenvalue weighted by Crippen LogP contribution is -2.37. The van der Waals surface area contributed by atoms with Crippen molar-refractivity contribution in [2.75, 3.05) is 27.4 Å². The first-order valence-corrected chi connectivity index (χ1v) is 10.6. The number of aryl methyl sites for hydroxylation is 1. The van der Waals surface area contributed by atoms with Crippen LogP contribution in [-0.2, 0) is 18.3 Å². The standard InChI is InChI=1S/C22H26N2O4S/c1-23-18-8-10-29-21(18)12-19(23)22(25)24(14-17-5-4-9-28-17)13-15-6-7-16(26-2)11-20(15)27-3/h6-8,10-12,17H,4-5,9,13-14H2,1-3H3/t17-/m0/s1. The highest BCUT2D eigenvalue weighted by atomic mass is 32.1. The average molecular weight is 415 g/mol. The van der Waals surface area contributed by atoms with Gasteiger partial charge >= 0.3 is 0 Å². The zero-order chi connectivity index (χ0) is 20.4. The molecule has 1 amide bonds. The Labute approximate surface area is 174 Å². The molecular formula is C22H26N2O4S. The summed E-state index contributed by atoms with van der Waals surface area (Å²) in [6, 6.07) is 9.73. The van der Waals surface area contributed by atoms with Gasteiger partial charge in [-0.3, -0.25) is 4.79 Å². The second-order valence-corrected chi connectivity index (χ2v) is 8.20. The van der Waals surface area contributed by atoms with E-state index in [2.05, 4.69) is 0 Å². The van der Waals surface area contributed by atoms with Gasteiger partial charge in [0.15, 0.2) is 0 Å². The Kier molecular flexibility index (Phi) is 5.78. The second-order valence-electron chi connectivity index (χ2n) is 7.26. The Morgan fingerprint density at radius 1 is 1.28 bits per heavy atom. The summed E-state index contributed by atoms with van der Waals surface area (Å²) >= 11 is 1.65. The molecule has 29 heavy (non-hydrogen) atoms. The van der Waals surface area contributed by atoms with Crippen molar-refractivity contribution < 1.29 is 19.0 Å². The Hall–Kier alpha value is -2.51. The summed E-state index contributed by atoms with van der Waals surface area (Å²) in [4.78, 5) is 15.4. The third-order valence-electron chi connectivity index (χ3n) is 5.47. The van der Waals surface area contributed by atoms with Crippen LogP contribution < -0.4 is 9.47 Å². The molecule has 0 unspecified atom stereocenters. The van der Waals surface area contributed by atoms with Gasteiger partial charge in [-0.25, -0.2) is 0 Å². The predicted octanol–water partition coefficient (Wildman–Crippen LogP) is 4.08. The number of benzene rings is 1. The molecule has 0 saturated carbocycles. The number of nitrogens with zero attached hydrogens (tertiary/aromatic N) is 2. The molecule has 6 nitrogen and oxygen atoms in total. The van der Waals surface area contributed by atoms with Crippen LogP contribution in [0.5, 0.6) is 11.5 Å². The third kappa shape index (κ3) is 3.97. The van der Waals surface area contributed by atoms with Gasteiger partial charge in [0.2, 0.25) is 0 Å². The number of carbonyl (C=O) groups is 1. The molecule has 0 radical (unpaired) electrons. The van der Waals surface area contributed by atoms with Gasteiger partial charge in [0.25, 0.3) is 5.91 Å². The number of fused-ring (bicyclic) bond motifs is 1. The van der Waals surface area contributed by atoms with E-state index in [1.165, 1.54) is 0 Å². The number of amides is 1. The van der Waals surface area contributed by atoms with Crippen molar-refractivity contribution in [3.05, 3.63) is 47.0 Å². The summed E-state index contributed by atoms with van der Waals surface area (Å²) in [6.45, 7) is 1.77. The highest BCUT2D eigenvalue weighted by molar-refractivity contribution is 7.17. The van der Waals surface area contributed by atoms with E-state index < -0.39 is 0 Å². The summed E-state index contributed by atoms with van der Waals surface area (Å²) < 4.78 is 19.8. The fraction of sp³-hybridized carbons (Fsp3) is 0.409. The molecule has 1 aliphatic heterocycles. The molecule has 3 heterocycles. The maximum absolute atomic E-state index is 13.5.